The maximum absolute atomic E-state index is 3.51. The largest absolute Gasteiger partial charge is 0.380 e. The second-order valence-corrected chi connectivity index (χ2v) is 7.44. The molecule has 0 aliphatic heterocycles. The van der Waals surface area contributed by atoms with Crippen molar-refractivity contribution in [1.29, 1.82) is 0 Å². The number of halogens is 2. The van der Waals surface area contributed by atoms with Crippen LogP contribution in [0.15, 0.2) is 38.6 Å². The van der Waals surface area contributed by atoms with E-state index in [9.17, 15) is 0 Å². The summed E-state index contributed by atoms with van der Waals surface area (Å²) in [5.74, 6) is 0. The van der Waals surface area contributed by atoms with Crippen molar-refractivity contribution in [3.63, 3.8) is 0 Å². The van der Waals surface area contributed by atoms with Crippen LogP contribution < -0.4 is 5.32 Å². The molecule has 0 amide bonds. The lowest BCUT2D eigenvalue weighted by molar-refractivity contribution is 0.922. The summed E-state index contributed by atoms with van der Waals surface area (Å²) in [5.41, 5.74) is 2.58. The van der Waals surface area contributed by atoms with Crippen LogP contribution in [-0.4, -0.2) is 0 Å². The Morgan fingerprint density at radius 3 is 2.44 bits per heavy atom. The third-order valence-electron chi connectivity index (χ3n) is 2.66. The molecule has 0 bridgehead atoms. The SMILES string of the molecule is CCCc1ccc(NCc2cc(Br)c(Br)s2)cc1. The zero-order valence-corrected chi connectivity index (χ0v) is 14.2. The maximum Gasteiger partial charge on any atom is 0.0843 e. The molecule has 96 valence electrons. The summed E-state index contributed by atoms with van der Waals surface area (Å²) in [7, 11) is 0. The third kappa shape index (κ3) is 3.84. The van der Waals surface area contributed by atoms with Crippen LogP contribution in [0.1, 0.15) is 23.8 Å². The van der Waals surface area contributed by atoms with Crippen LogP contribution in [-0.2, 0) is 13.0 Å². The molecule has 1 nitrogen and oxygen atoms in total. The van der Waals surface area contributed by atoms with Crippen molar-refractivity contribution in [2.24, 2.45) is 0 Å². The molecule has 1 N–H and O–H groups in total. The summed E-state index contributed by atoms with van der Waals surface area (Å²) in [6.45, 7) is 3.07. The predicted octanol–water partition coefficient (Wildman–Crippen LogP) is 5.84. The van der Waals surface area contributed by atoms with Gasteiger partial charge in [0, 0.05) is 21.6 Å². The van der Waals surface area contributed by atoms with Gasteiger partial charge in [-0.2, -0.15) is 0 Å². The minimum absolute atomic E-state index is 0.863. The third-order valence-corrected chi connectivity index (χ3v) is 5.91. The first-order chi connectivity index (χ1) is 8.69. The lowest BCUT2D eigenvalue weighted by Gasteiger charge is -2.05. The fourth-order valence-electron chi connectivity index (χ4n) is 1.75. The van der Waals surface area contributed by atoms with E-state index in [1.165, 1.54) is 22.5 Å². The summed E-state index contributed by atoms with van der Waals surface area (Å²) in [6.07, 6.45) is 2.36. The van der Waals surface area contributed by atoms with E-state index >= 15 is 0 Å². The summed E-state index contributed by atoms with van der Waals surface area (Å²) in [4.78, 5) is 1.31. The van der Waals surface area contributed by atoms with Crippen LogP contribution in [0.5, 0.6) is 0 Å². The summed E-state index contributed by atoms with van der Waals surface area (Å²) in [5, 5.41) is 3.44. The van der Waals surface area contributed by atoms with E-state index in [-0.39, 0.29) is 0 Å². The number of nitrogens with one attached hydrogen (secondary N) is 1. The Morgan fingerprint density at radius 1 is 1.17 bits per heavy atom. The number of benzene rings is 1. The Morgan fingerprint density at radius 2 is 1.89 bits per heavy atom. The topological polar surface area (TPSA) is 12.0 Å². The zero-order valence-electron chi connectivity index (χ0n) is 10.2. The van der Waals surface area contributed by atoms with Gasteiger partial charge in [0.1, 0.15) is 0 Å². The van der Waals surface area contributed by atoms with Crippen LogP contribution in [0, 0.1) is 0 Å². The molecular formula is C14H15Br2NS. The Labute approximate surface area is 129 Å². The fraction of sp³-hybridized carbons (Fsp3) is 0.286. The highest BCUT2D eigenvalue weighted by atomic mass is 79.9. The normalized spacial score (nSPS) is 10.6. The van der Waals surface area contributed by atoms with E-state index < -0.39 is 0 Å². The van der Waals surface area contributed by atoms with Gasteiger partial charge in [0.05, 0.1) is 3.79 Å². The molecule has 1 aromatic carbocycles. The van der Waals surface area contributed by atoms with Gasteiger partial charge in [-0.05, 0) is 62.0 Å². The first kappa shape index (κ1) is 14.1. The van der Waals surface area contributed by atoms with Gasteiger partial charge >= 0.3 is 0 Å². The van der Waals surface area contributed by atoms with Crippen LogP contribution in [0.4, 0.5) is 5.69 Å². The number of anilines is 1. The second kappa shape index (κ2) is 6.73. The number of thiophene rings is 1. The lowest BCUT2D eigenvalue weighted by Crippen LogP contribution is -1.97. The fourth-order valence-corrected chi connectivity index (χ4v) is 3.86. The minimum Gasteiger partial charge on any atom is -0.380 e. The average molecular weight is 389 g/mol. The van der Waals surface area contributed by atoms with Crippen molar-refractivity contribution >= 4 is 48.9 Å². The van der Waals surface area contributed by atoms with Gasteiger partial charge in [0.15, 0.2) is 0 Å². The van der Waals surface area contributed by atoms with E-state index in [0.717, 1.165) is 21.2 Å². The monoisotopic (exact) mass is 387 g/mol. The highest BCUT2D eigenvalue weighted by Crippen LogP contribution is 2.32. The van der Waals surface area contributed by atoms with E-state index in [4.69, 9.17) is 0 Å². The molecule has 18 heavy (non-hydrogen) atoms. The minimum atomic E-state index is 0.863. The molecule has 2 rings (SSSR count). The van der Waals surface area contributed by atoms with Gasteiger partial charge in [-0.15, -0.1) is 11.3 Å². The number of aryl methyl sites for hydroxylation is 1. The van der Waals surface area contributed by atoms with Crippen molar-refractivity contribution in [3.05, 3.63) is 49.0 Å². The van der Waals surface area contributed by atoms with Crippen molar-refractivity contribution in [2.75, 3.05) is 5.32 Å². The molecule has 0 unspecified atom stereocenters. The second-order valence-electron chi connectivity index (χ2n) is 4.13. The number of hydrogen-bond donors (Lipinski definition) is 1. The molecule has 1 aromatic heterocycles. The molecule has 0 aliphatic carbocycles. The maximum atomic E-state index is 3.51. The summed E-state index contributed by atoms with van der Waals surface area (Å²) in [6, 6.07) is 10.9. The summed E-state index contributed by atoms with van der Waals surface area (Å²) < 4.78 is 2.28. The molecule has 4 heteroatoms. The molecule has 0 fully saturated rings. The summed E-state index contributed by atoms with van der Waals surface area (Å²) >= 11 is 8.77. The van der Waals surface area contributed by atoms with Crippen molar-refractivity contribution in [2.45, 2.75) is 26.3 Å². The molecular weight excluding hydrogens is 374 g/mol. The standard InChI is InChI=1S/C14H15Br2NS/c1-2-3-10-4-6-11(7-5-10)17-9-12-8-13(15)14(16)18-12/h4-8,17H,2-3,9H2,1H3. The molecule has 2 aromatic rings. The number of rotatable bonds is 5. The Hall–Kier alpha value is -0.320. The van der Waals surface area contributed by atoms with Gasteiger partial charge < -0.3 is 5.32 Å². The van der Waals surface area contributed by atoms with Crippen LogP contribution in [0.3, 0.4) is 0 Å². The molecule has 1 heterocycles. The number of hydrogen-bond acceptors (Lipinski definition) is 2. The van der Waals surface area contributed by atoms with Gasteiger partial charge in [-0.25, -0.2) is 0 Å². The van der Waals surface area contributed by atoms with Gasteiger partial charge in [0.2, 0.25) is 0 Å². The van der Waals surface area contributed by atoms with Gasteiger partial charge in [-0.3, -0.25) is 0 Å². The van der Waals surface area contributed by atoms with Crippen molar-refractivity contribution < 1.29 is 0 Å². The van der Waals surface area contributed by atoms with E-state index in [2.05, 4.69) is 74.4 Å². The first-order valence-electron chi connectivity index (χ1n) is 5.95. The lowest BCUT2D eigenvalue weighted by atomic mass is 10.1. The predicted molar refractivity (Wildman–Crippen MR) is 87.5 cm³/mol. The molecule has 0 aliphatic rings. The van der Waals surface area contributed by atoms with Crippen LogP contribution in [0.25, 0.3) is 0 Å². The van der Waals surface area contributed by atoms with Gasteiger partial charge in [-0.1, -0.05) is 25.5 Å². The zero-order chi connectivity index (χ0) is 13.0. The van der Waals surface area contributed by atoms with E-state index in [0.29, 0.717) is 0 Å². The Kier molecular flexibility index (Phi) is 5.27. The molecule has 0 saturated carbocycles. The molecule has 0 radical (unpaired) electrons. The quantitative estimate of drug-likeness (QED) is 0.678. The van der Waals surface area contributed by atoms with Crippen molar-refractivity contribution in [3.8, 4) is 0 Å². The van der Waals surface area contributed by atoms with E-state index in [1.807, 2.05) is 0 Å². The highest BCUT2D eigenvalue weighted by Gasteiger charge is 2.03. The molecule has 0 atom stereocenters. The highest BCUT2D eigenvalue weighted by molar-refractivity contribution is 9.13. The van der Waals surface area contributed by atoms with Crippen molar-refractivity contribution in [1.82, 2.24) is 0 Å². The van der Waals surface area contributed by atoms with Gasteiger partial charge in [0.25, 0.3) is 0 Å². The first-order valence-corrected chi connectivity index (χ1v) is 8.36. The van der Waals surface area contributed by atoms with Crippen LogP contribution >= 0.6 is 43.2 Å². The Balaban J connectivity index is 1.93. The average Bonchev–Trinajstić information content (AvgIpc) is 2.68. The van der Waals surface area contributed by atoms with E-state index in [1.54, 1.807) is 11.3 Å². The Bertz CT molecular complexity index is 486. The molecule has 0 saturated heterocycles. The smallest absolute Gasteiger partial charge is 0.0843 e. The van der Waals surface area contributed by atoms with Crippen LogP contribution in [0.2, 0.25) is 0 Å². The molecule has 0 spiro atoms.